The van der Waals surface area contributed by atoms with E-state index in [4.69, 9.17) is 4.74 Å². The van der Waals surface area contributed by atoms with Crippen molar-refractivity contribution in [2.24, 2.45) is 0 Å². The van der Waals surface area contributed by atoms with E-state index in [0.717, 1.165) is 11.3 Å². The monoisotopic (exact) mass is 267 g/mol. The smallest absolute Gasteiger partial charge is 0.173 e. The highest BCUT2D eigenvalue weighted by Gasteiger charge is 2.22. The molecule has 2 unspecified atom stereocenters. The van der Waals surface area contributed by atoms with Gasteiger partial charge in [0.05, 0.1) is 12.9 Å². The number of hydrogen-bond donors (Lipinski definition) is 1. The summed E-state index contributed by atoms with van der Waals surface area (Å²) >= 11 is 0. The van der Waals surface area contributed by atoms with Gasteiger partial charge in [0.1, 0.15) is 5.75 Å². The number of ether oxygens (including phenoxy) is 1. The Balaban J connectivity index is 1.99. The van der Waals surface area contributed by atoms with Crippen molar-refractivity contribution in [3.63, 3.8) is 0 Å². The van der Waals surface area contributed by atoms with Gasteiger partial charge in [-0.2, -0.15) is 0 Å². The highest BCUT2D eigenvalue weighted by atomic mass is 32.2. The Morgan fingerprint density at radius 1 is 1.33 bits per heavy atom. The van der Waals surface area contributed by atoms with Crippen LogP contribution < -0.4 is 10.1 Å². The summed E-state index contributed by atoms with van der Waals surface area (Å²) in [4.78, 5) is 0. The maximum absolute atomic E-state index is 11.3. The van der Waals surface area contributed by atoms with E-state index < -0.39 is 9.84 Å². The first kappa shape index (κ1) is 13.1. The number of methoxy groups -OCH3 is 1. The Bertz CT molecular complexity index is 534. The molecule has 0 spiro atoms. The van der Waals surface area contributed by atoms with E-state index >= 15 is 0 Å². The Labute approximate surface area is 108 Å². The minimum atomic E-state index is -3.00. The maximum Gasteiger partial charge on any atom is 0.173 e. The maximum atomic E-state index is 11.3. The van der Waals surface area contributed by atoms with Crippen LogP contribution in [-0.2, 0) is 9.84 Å². The van der Waals surface area contributed by atoms with Crippen LogP contribution in [-0.4, -0.2) is 27.3 Å². The zero-order chi connectivity index (χ0) is 13.2. The van der Waals surface area contributed by atoms with Crippen LogP contribution in [0.25, 0.3) is 0 Å². The molecule has 0 aromatic heterocycles. The Hall–Kier alpha value is -1.33. The summed E-state index contributed by atoms with van der Waals surface area (Å²) in [6.07, 6.45) is 1.70. The van der Waals surface area contributed by atoms with Crippen molar-refractivity contribution in [3.8, 4) is 5.75 Å². The molecule has 1 aliphatic rings. The molecule has 0 amide bonds. The van der Waals surface area contributed by atoms with Gasteiger partial charge in [-0.05, 0) is 24.6 Å². The molecule has 4 nitrogen and oxygen atoms in total. The van der Waals surface area contributed by atoms with Crippen molar-refractivity contribution in [1.82, 2.24) is 5.32 Å². The van der Waals surface area contributed by atoms with Crippen molar-refractivity contribution in [2.75, 3.05) is 12.9 Å². The van der Waals surface area contributed by atoms with Crippen LogP contribution in [0.15, 0.2) is 35.7 Å². The first-order valence-corrected chi connectivity index (χ1v) is 7.53. The standard InChI is InChI=1S/C13H17NO3S/c1-10(11-3-5-13(17-2)6-4-11)14-12-7-8-18(15,16)9-12/h3-8,10,12,14H,9H2,1-2H3. The van der Waals surface area contributed by atoms with Gasteiger partial charge >= 0.3 is 0 Å². The van der Waals surface area contributed by atoms with Crippen LogP contribution in [0.5, 0.6) is 5.75 Å². The normalized spacial score (nSPS) is 22.9. The van der Waals surface area contributed by atoms with E-state index in [1.807, 2.05) is 31.2 Å². The third-order valence-electron chi connectivity index (χ3n) is 3.01. The molecule has 0 bridgehead atoms. The van der Waals surface area contributed by atoms with Crippen LogP contribution in [0, 0.1) is 0 Å². The third-order valence-corrected chi connectivity index (χ3v) is 4.41. The van der Waals surface area contributed by atoms with Crippen LogP contribution in [0.4, 0.5) is 0 Å². The van der Waals surface area contributed by atoms with Crippen molar-refractivity contribution in [2.45, 2.75) is 19.0 Å². The third kappa shape index (κ3) is 3.11. The van der Waals surface area contributed by atoms with E-state index in [1.54, 1.807) is 13.2 Å². The van der Waals surface area contributed by atoms with Crippen molar-refractivity contribution >= 4 is 9.84 Å². The zero-order valence-electron chi connectivity index (χ0n) is 10.5. The van der Waals surface area contributed by atoms with Gasteiger partial charge in [-0.25, -0.2) is 8.42 Å². The Morgan fingerprint density at radius 3 is 2.50 bits per heavy atom. The molecule has 0 radical (unpaired) electrons. The van der Waals surface area contributed by atoms with Crippen LogP contribution in [0.1, 0.15) is 18.5 Å². The van der Waals surface area contributed by atoms with Crippen LogP contribution in [0.3, 0.4) is 0 Å². The van der Waals surface area contributed by atoms with Gasteiger partial charge in [0.15, 0.2) is 9.84 Å². The molecular formula is C13H17NO3S. The summed E-state index contributed by atoms with van der Waals surface area (Å²) in [5, 5.41) is 4.56. The van der Waals surface area contributed by atoms with Crippen LogP contribution >= 0.6 is 0 Å². The highest BCUT2D eigenvalue weighted by molar-refractivity contribution is 7.94. The summed E-state index contributed by atoms with van der Waals surface area (Å²) < 4.78 is 27.7. The SMILES string of the molecule is COc1ccc(C(C)NC2C=CS(=O)(=O)C2)cc1. The second-order valence-electron chi connectivity index (χ2n) is 4.43. The molecule has 0 aliphatic carbocycles. The van der Waals surface area contributed by atoms with Crippen molar-refractivity contribution < 1.29 is 13.2 Å². The molecule has 2 atom stereocenters. The number of rotatable bonds is 4. The largest absolute Gasteiger partial charge is 0.497 e. The van der Waals surface area contributed by atoms with E-state index in [-0.39, 0.29) is 17.8 Å². The van der Waals surface area contributed by atoms with Gasteiger partial charge in [0.25, 0.3) is 0 Å². The minimum absolute atomic E-state index is 0.0962. The second-order valence-corrected chi connectivity index (χ2v) is 6.36. The molecule has 98 valence electrons. The van der Waals surface area contributed by atoms with Gasteiger partial charge in [0, 0.05) is 17.5 Å². The Morgan fingerprint density at radius 2 is 2.00 bits per heavy atom. The van der Waals surface area contributed by atoms with E-state index in [0.29, 0.717) is 0 Å². The van der Waals surface area contributed by atoms with E-state index in [9.17, 15) is 8.42 Å². The number of hydrogen-bond acceptors (Lipinski definition) is 4. The lowest BCUT2D eigenvalue weighted by atomic mass is 10.1. The molecule has 1 aromatic rings. The summed E-state index contributed by atoms with van der Waals surface area (Å²) in [5.74, 6) is 0.960. The van der Waals surface area contributed by atoms with Crippen molar-refractivity contribution in [3.05, 3.63) is 41.3 Å². The van der Waals surface area contributed by atoms with E-state index in [2.05, 4.69) is 5.32 Å². The average molecular weight is 267 g/mol. The molecule has 1 N–H and O–H groups in total. The minimum Gasteiger partial charge on any atom is -0.497 e. The second kappa shape index (κ2) is 5.12. The molecule has 0 saturated carbocycles. The predicted molar refractivity (Wildman–Crippen MR) is 71.3 cm³/mol. The zero-order valence-corrected chi connectivity index (χ0v) is 11.3. The molecule has 1 aliphatic heterocycles. The van der Waals surface area contributed by atoms with Gasteiger partial charge in [-0.3, -0.25) is 0 Å². The highest BCUT2D eigenvalue weighted by Crippen LogP contribution is 2.19. The fraction of sp³-hybridized carbons (Fsp3) is 0.385. The number of sulfone groups is 1. The average Bonchev–Trinajstić information content (AvgIpc) is 2.68. The number of nitrogens with one attached hydrogen (secondary N) is 1. The summed E-state index contributed by atoms with van der Waals surface area (Å²) in [7, 11) is -1.37. The molecule has 1 heterocycles. The predicted octanol–water partition coefficient (Wildman–Crippen LogP) is 1.66. The molecule has 1 aromatic carbocycles. The van der Waals surface area contributed by atoms with Gasteiger partial charge in [-0.15, -0.1) is 0 Å². The summed E-state index contributed by atoms with van der Waals surface area (Å²) in [6, 6.07) is 7.74. The van der Waals surface area contributed by atoms with Gasteiger partial charge in [0.2, 0.25) is 0 Å². The molecule has 5 heteroatoms. The molecule has 0 saturated heterocycles. The lowest BCUT2D eigenvalue weighted by Gasteiger charge is -2.18. The quantitative estimate of drug-likeness (QED) is 0.901. The van der Waals surface area contributed by atoms with Gasteiger partial charge < -0.3 is 10.1 Å². The molecule has 18 heavy (non-hydrogen) atoms. The first-order valence-electron chi connectivity index (χ1n) is 5.81. The van der Waals surface area contributed by atoms with Crippen molar-refractivity contribution in [1.29, 1.82) is 0 Å². The van der Waals surface area contributed by atoms with Gasteiger partial charge in [-0.1, -0.05) is 18.2 Å². The Kier molecular flexibility index (Phi) is 3.73. The molecular weight excluding hydrogens is 250 g/mol. The molecule has 2 rings (SSSR count). The summed E-state index contributed by atoms with van der Waals surface area (Å²) in [5.41, 5.74) is 1.11. The van der Waals surface area contributed by atoms with E-state index in [1.165, 1.54) is 5.41 Å². The van der Waals surface area contributed by atoms with Crippen LogP contribution in [0.2, 0.25) is 0 Å². The number of benzene rings is 1. The lowest BCUT2D eigenvalue weighted by Crippen LogP contribution is -2.32. The fourth-order valence-corrected chi connectivity index (χ4v) is 3.24. The molecule has 0 fully saturated rings. The lowest BCUT2D eigenvalue weighted by molar-refractivity contribution is 0.414. The topological polar surface area (TPSA) is 55.4 Å². The summed E-state index contributed by atoms with van der Waals surface area (Å²) in [6.45, 7) is 2.01. The first-order chi connectivity index (χ1) is 8.50. The fourth-order valence-electron chi connectivity index (χ4n) is 1.99.